The van der Waals surface area contributed by atoms with E-state index >= 15 is 0 Å². The van der Waals surface area contributed by atoms with Crippen molar-refractivity contribution < 1.29 is 12.8 Å². The summed E-state index contributed by atoms with van der Waals surface area (Å²) in [5.74, 6) is -0.553. The number of hydrogen-bond acceptors (Lipinski definition) is 2. The lowest BCUT2D eigenvalue weighted by Crippen LogP contribution is -2.37. The van der Waals surface area contributed by atoms with Crippen LogP contribution in [-0.4, -0.2) is 19.8 Å². The van der Waals surface area contributed by atoms with E-state index in [1.807, 2.05) is 0 Å². The van der Waals surface area contributed by atoms with E-state index in [1.165, 1.54) is 18.2 Å². The minimum Gasteiger partial charge on any atom is -0.208 e. The van der Waals surface area contributed by atoms with Gasteiger partial charge in [-0.05, 0) is 43.9 Å². The van der Waals surface area contributed by atoms with E-state index in [9.17, 15) is 12.8 Å². The SMILES string of the molecule is O=S(=O)(NC1CCC(Cl)CC1)c1cccc(F)c1. The van der Waals surface area contributed by atoms with Crippen LogP contribution < -0.4 is 4.72 Å². The van der Waals surface area contributed by atoms with Gasteiger partial charge < -0.3 is 0 Å². The van der Waals surface area contributed by atoms with Gasteiger partial charge in [-0.25, -0.2) is 17.5 Å². The van der Waals surface area contributed by atoms with Crippen molar-refractivity contribution in [3.05, 3.63) is 30.1 Å². The van der Waals surface area contributed by atoms with E-state index < -0.39 is 15.8 Å². The summed E-state index contributed by atoms with van der Waals surface area (Å²) in [6.45, 7) is 0. The summed E-state index contributed by atoms with van der Waals surface area (Å²) in [5.41, 5.74) is 0. The second-order valence-electron chi connectivity index (χ2n) is 4.53. The Bertz CT molecular complexity index is 513. The van der Waals surface area contributed by atoms with Gasteiger partial charge in [0.15, 0.2) is 0 Å². The van der Waals surface area contributed by atoms with Gasteiger partial charge in [0.2, 0.25) is 10.0 Å². The highest BCUT2D eigenvalue weighted by Crippen LogP contribution is 2.24. The number of halogens is 2. The van der Waals surface area contributed by atoms with Gasteiger partial charge in [0.1, 0.15) is 5.82 Å². The molecule has 1 aromatic carbocycles. The third-order valence-corrected chi connectivity index (χ3v) is 5.04. The average molecular weight is 292 g/mol. The quantitative estimate of drug-likeness (QED) is 0.870. The third kappa shape index (κ3) is 3.43. The molecular weight excluding hydrogens is 277 g/mol. The van der Waals surface area contributed by atoms with Crippen LogP contribution in [0.15, 0.2) is 29.2 Å². The molecule has 0 amide bonds. The topological polar surface area (TPSA) is 46.2 Å². The Morgan fingerprint density at radius 2 is 1.89 bits per heavy atom. The summed E-state index contributed by atoms with van der Waals surface area (Å²) in [6, 6.07) is 4.92. The van der Waals surface area contributed by atoms with Gasteiger partial charge >= 0.3 is 0 Å². The van der Waals surface area contributed by atoms with Crippen LogP contribution in [0.4, 0.5) is 4.39 Å². The Morgan fingerprint density at radius 3 is 2.50 bits per heavy atom. The summed E-state index contributed by atoms with van der Waals surface area (Å²) in [7, 11) is -3.63. The van der Waals surface area contributed by atoms with Crippen molar-refractivity contribution in [1.29, 1.82) is 0 Å². The summed E-state index contributed by atoms with van der Waals surface area (Å²) >= 11 is 5.96. The standard InChI is InChI=1S/C12H15ClFNO2S/c13-9-4-6-11(7-5-9)15-18(16,17)12-3-1-2-10(14)8-12/h1-3,8-9,11,15H,4-7H2. The highest BCUT2D eigenvalue weighted by atomic mass is 35.5. The van der Waals surface area contributed by atoms with Crippen LogP contribution in [0.1, 0.15) is 25.7 Å². The minimum atomic E-state index is -3.63. The summed E-state index contributed by atoms with van der Waals surface area (Å²) in [6.07, 6.45) is 3.06. The van der Waals surface area contributed by atoms with Crippen molar-refractivity contribution in [3.8, 4) is 0 Å². The van der Waals surface area contributed by atoms with Crippen LogP contribution in [0, 0.1) is 5.82 Å². The highest BCUT2D eigenvalue weighted by Gasteiger charge is 2.24. The van der Waals surface area contributed by atoms with Crippen molar-refractivity contribution in [1.82, 2.24) is 4.72 Å². The molecule has 0 bridgehead atoms. The number of rotatable bonds is 3. The van der Waals surface area contributed by atoms with E-state index in [0.29, 0.717) is 0 Å². The molecule has 1 N–H and O–H groups in total. The third-order valence-electron chi connectivity index (χ3n) is 3.08. The van der Waals surface area contributed by atoms with Crippen molar-refractivity contribution in [2.75, 3.05) is 0 Å². The maximum atomic E-state index is 13.0. The number of hydrogen-bond donors (Lipinski definition) is 1. The van der Waals surface area contributed by atoms with Gasteiger partial charge in [-0.15, -0.1) is 11.6 Å². The van der Waals surface area contributed by atoms with Crippen LogP contribution in [0.25, 0.3) is 0 Å². The fraction of sp³-hybridized carbons (Fsp3) is 0.500. The molecule has 1 aliphatic carbocycles. The van der Waals surface area contributed by atoms with Crippen molar-refractivity contribution in [2.24, 2.45) is 0 Å². The second-order valence-corrected chi connectivity index (χ2v) is 6.86. The van der Waals surface area contributed by atoms with Gasteiger partial charge in [0.25, 0.3) is 0 Å². The first-order valence-corrected chi connectivity index (χ1v) is 7.81. The molecule has 0 saturated heterocycles. The fourth-order valence-electron chi connectivity index (χ4n) is 2.09. The maximum Gasteiger partial charge on any atom is 0.240 e. The van der Waals surface area contributed by atoms with Crippen molar-refractivity contribution in [2.45, 2.75) is 42.0 Å². The van der Waals surface area contributed by atoms with Crippen molar-refractivity contribution >= 4 is 21.6 Å². The number of alkyl halides is 1. The van der Waals surface area contributed by atoms with Crippen LogP contribution in [0.2, 0.25) is 0 Å². The summed E-state index contributed by atoms with van der Waals surface area (Å²) in [5, 5.41) is 0.139. The summed E-state index contributed by atoms with van der Waals surface area (Å²) in [4.78, 5) is -0.0319. The first kappa shape index (κ1) is 13.8. The predicted molar refractivity (Wildman–Crippen MR) is 68.6 cm³/mol. The van der Waals surface area contributed by atoms with E-state index in [4.69, 9.17) is 11.6 Å². The lowest BCUT2D eigenvalue weighted by Gasteiger charge is -2.25. The summed E-state index contributed by atoms with van der Waals surface area (Å²) < 4.78 is 39.7. The smallest absolute Gasteiger partial charge is 0.208 e. The molecular formula is C12H15ClFNO2S. The normalized spacial score (nSPS) is 25.0. The first-order chi connectivity index (χ1) is 8.47. The molecule has 0 aliphatic heterocycles. The molecule has 1 saturated carbocycles. The minimum absolute atomic E-state index is 0.0319. The molecule has 0 radical (unpaired) electrons. The van der Waals surface area contributed by atoms with Crippen LogP contribution in [0.3, 0.4) is 0 Å². The van der Waals surface area contributed by atoms with Crippen LogP contribution in [0.5, 0.6) is 0 Å². The number of benzene rings is 1. The Kier molecular flexibility index (Phi) is 4.25. The zero-order valence-electron chi connectivity index (χ0n) is 9.77. The molecule has 18 heavy (non-hydrogen) atoms. The van der Waals surface area contributed by atoms with Gasteiger partial charge in [0.05, 0.1) is 4.90 Å². The van der Waals surface area contributed by atoms with Gasteiger partial charge in [-0.3, -0.25) is 0 Å². The van der Waals surface area contributed by atoms with E-state index in [2.05, 4.69) is 4.72 Å². The molecule has 1 fully saturated rings. The lowest BCUT2D eigenvalue weighted by molar-refractivity contribution is 0.416. The zero-order valence-corrected chi connectivity index (χ0v) is 11.3. The first-order valence-electron chi connectivity index (χ1n) is 5.89. The van der Waals surface area contributed by atoms with E-state index in [-0.39, 0.29) is 16.3 Å². The van der Waals surface area contributed by atoms with Gasteiger partial charge in [-0.2, -0.15) is 0 Å². The van der Waals surface area contributed by atoms with Gasteiger partial charge in [-0.1, -0.05) is 6.07 Å². The van der Waals surface area contributed by atoms with Crippen molar-refractivity contribution in [3.63, 3.8) is 0 Å². The van der Waals surface area contributed by atoms with Crippen LogP contribution in [-0.2, 0) is 10.0 Å². The number of nitrogens with one attached hydrogen (secondary N) is 1. The zero-order chi connectivity index (χ0) is 13.2. The molecule has 1 aliphatic rings. The highest BCUT2D eigenvalue weighted by molar-refractivity contribution is 7.89. The molecule has 3 nitrogen and oxygen atoms in total. The van der Waals surface area contributed by atoms with Crippen LogP contribution >= 0.6 is 11.6 Å². The Hall–Kier alpha value is -0.650. The fourth-order valence-corrected chi connectivity index (χ4v) is 3.68. The second kappa shape index (κ2) is 5.55. The monoisotopic (exact) mass is 291 g/mol. The average Bonchev–Trinajstić information content (AvgIpc) is 2.32. The lowest BCUT2D eigenvalue weighted by atomic mass is 9.96. The molecule has 0 unspecified atom stereocenters. The molecule has 0 aromatic heterocycles. The maximum absolute atomic E-state index is 13.0. The van der Waals surface area contributed by atoms with E-state index in [0.717, 1.165) is 31.7 Å². The van der Waals surface area contributed by atoms with E-state index in [1.54, 1.807) is 0 Å². The molecule has 0 spiro atoms. The Balaban J connectivity index is 2.08. The molecule has 2 rings (SSSR count). The Morgan fingerprint density at radius 1 is 1.22 bits per heavy atom. The Labute approximate surface area is 111 Å². The molecule has 0 atom stereocenters. The molecule has 0 heterocycles. The molecule has 1 aromatic rings. The molecule has 6 heteroatoms. The van der Waals surface area contributed by atoms with Gasteiger partial charge in [0, 0.05) is 11.4 Å². The molecule has 100 valence electrons. The largest absolute Gasteiger partial charge is 0.240 e. The predicted octanol–water partition coefficient (Wildman–Crippen LogP) is 2.65. The number of sulfonamides is 1.